The van der Waals surface area contributed by atoms with E-state index in [1.807, 2.05) is 29.2 Å². The quantitative estimate of drug-likeness (QED) is 0.822. The zero-order chi connectivity index (χ0) is 19.7. The summed E-state index contributed by atoms with van der Waals surface area (Å²) in [6.45, 7) is 7.21. The summed E-state index contributed by atoms with van der Waals surface area (Å²) in [5, 5.41) is 0. The number of hydrogen-bond donors (Lipinski definition) is 0. The predicted octanol–water partition coefficient (Wildman–Crippen LogP) is 2.38. The highest BCUT2D eigenvalue weighted by Gasteiger charge is 2.30. The Balaban J connectivity index is 1.41. The molecule has 28 heavy (non-hydrogen) atoms. The number of hydrogen-bond acceptors (Lipinski definition) is 4. The lowest BCUT2D eigenvalue weighted by atomic mass is 10.1. The van der Waals surface area contributed by atoms with Crippen molar-refractivity contribution in [2.45, 2.75) is 13.8 Å². The summed E-state index contributed by atoms with van der Waals surface area (Å²) in [7, 11) is 0. The zero-order valence-electron chi connectivity index (χ0n) is 16.4. The number of amides is 2. The summed E-state index contributed by atoms with van der Waals surface area (Å²) in [5.74, 6) is 0.446. The third kappa shape index (κ3) is 3.42. The molecular weight excluding hydrogens is 354 g/mol. The number of ether oxygens (including phenoxy) is 1. The summed E-state index contributed by atoms with van der Waals surface area (Å²) in [4.78, 5) is 30.9. The number of fused-ring (bicyclic) bond motifs is 1. The zero-order valence-corrected chi connectivity index (χ0v) is 16.4. The van der Waals surface area contributed by atoms with Gasteiger partial charge in [-0.05, 0) is 43.2 Å². The SMILES string of the molecule is Cc1cccc(N2CCN(C(=O)CN3C(=O)COc4ccccc43)CC2)c1C. The van der Waals surface area contributed by atoms with Crippen LogP contribution < -0.4 is 14.5 Å². The van der Waals surface area contributed by atoms with Gasteiger partial charge >= 0.3 is 0 Å². The predicted molar refractivity (Wildman–Crippen MR) is 109 cm³/mol. The minimum Gasteiger partial charge on any atom is -0.482 e. The molecule has 0 N–H and O–H groups in total. The van der Waals surface area contributed by atoms with Gasteiger partial charge in [-0.3, -0.25) is 14.5 Å². The highest BCUT2D eigenvalue weighted by atomic mass is 16.5. The van der Waals surface area contributed by atoms with Crippen LogP contribution in [0.15, 0.2) is 42.5 Å². The Kier molecular flexibility index (Phi) is 4.94. The van der Waals surface area contributed by atoms with Gasteiger partial charge in [-0.2, -0.15) is 0 Å². The van der Waals surface area contributed by atoms with E-state index in [4.69, 9.17) is 4.74 Å². The molecule has 2 aromatic carbocycles. The van der Waals surface area contributed by atoms with E-state index in [-0.39, 0.29) is 25.0 Å². The Morgan fingerprint density at radius 3 is 2.46 bits per heavy atom. The fourth-order valence-corrected chi connectivity index (χ4v) is 3.84. The third-order valence-electron chi connectivity index (χ3n) is 5.65. The molecule has 146 valence electrons. The number of carbonyl (C=O) groups is 2. The van der Waals surface area contributed by atoms with E-state index in [2.05, 4.69) is 36.9 Å². The van der Waals surface area contributed by atoms with Gasteiger partial charge in [0.1, 0.15) is 12.3 Å². The van der Waals surface area contributed by atoms with Crippen molar-refractivity contribution in [2.24, 2.45) is 0 Å². The van der Waals surface area contributed by atoms with Crippen LogP contribution in [0.5, 0.6) is 5.75 Å². The first-order valence-corrected chi connectivity index (χ1v) is 9.66. The molecule has 0 aliphatic carbocycles. The molecule has 6 heteroatoms. The molecule has 1 fully saturated rings. The van der Waals surface area contributed by atoms with Crippen LogP contribution in [-0.2, 0) is 9.59 Å². The van der Waals surface area contributed by atoms with E-state index < -0.39 is 0 Å². The number of rotatable bonds is 3. The van der Waals surface area contributed by atoms with Crippen molar-refractivity contribution in [1.82, 2.24) is 4.90 Å². The summed E-state index contributed by atoms with van der Waals surface area (Å²) >= 11 is 0. The van der Waals surface area contributed by atoms with Crippen molar-refractivity contribution in [3.63, 3.8) is 0 Å². The van der Waals surface area contributed by atoms with Crippen LogP contribution in [0.4, 0.5) is 11.4 Å². The van der Waals surface area contributed by atoms with Gasteiger partial charge in [-0.15, -0.1) is 0 Å². The maximum atomic E-state index is 12.9. The summed E-state index contributed by atoms with van der Waals surface area (Å²) in [5.41, 5.74) is 4.48. The Morgan fingerprint density at radius 1 is 0.964 bits per heavy atom. The van der Waals surface area contributed by atoms with E-state index >= 15 is 0 Å². The molecule has 2 amide bonds. The first kappa shape index (κ1) is 18.3. The summed E-state index contributed by atoms with van der Waals surface area (Å²) in [6.07, 6.45) is 0. The Hall–Kier alpha value is -3.02. The van der Waals surface area contributed by atoms with Gasteiger partial charge in [0.15, 0.2) is 6.61 Å². The first-order chi connectivity index (χ1) is 13.5. The number of aryl methyl sites for hydroxylation is 1. The van der Waals surface area contributed by atoms with Gasteiger partial charge in [0.2, 0.25) is 5.91 Å². The van der Waals surface area contributed by atoms with E-state index in [1.54, 1.807) is 0 Å². The molecule has 2 aromatic rings. The second kappa shape index (κ2) is 7.54. The molecule has 0 saturated carbocycles. The average Bonchev–Trinajstić information content (AvgIpc) is 2.72. The molecule has 0 spiro atoms. The van der Waals surface area contributed by atoms with Crippen molar-refractivity contribution < 1.29 is 14.3 Å². The molecule has 2 aliphatic rings. The smallest absolute Gasteiger partial charge is 0.265 e. The van der Waals surface area contributed by atoms with Crippen LogP contribution in [0.2, 0.25) is 0 Å². The molecule has 0 bridgehead atoms. The standard InChI is InChI=1S/C22H25N3O3/c1-16-6-5-8-18(17(16)2)23-10-12-24(13-11-23)21(26)14-25-19-7-3-4-9-20(19)28-15-22(25)27/h3-9H,10-15H2,1-2H3. The minimum atomic E-state index is -0.180. The highest BCUT2D eigenvalue weighted by Crippen LogP contribution is 2.31. The topological polar surface area (TPSA) is 53.1 Å². The highest BCUT2D eigenvalue weighted by molar-refractivity contribution is 6.02. The molecule has 4 rings (SSSR count). The number of piperazine rings is 1. The molecule has 1 saturated heterocycles. The maximum Gasteiger partial charge on any atom is 0.265 e. The minimum absolute atomic E-state index is 0.0225. The van der Waals surface area contributed by atoms with Crippen LogP contribution in [0.1, 0.15) is 11.1 Å². The van der Waals surface area contributed by atoms with Crippen LogP contribution in [0.25, 0.3) is 0 Å². The van der Waals surface area contributed by atoms with E-state index in [9.17, 15) is 9.59 Å². The molecule has 6 nitrogen and oxygen atoms in total. The lowest BCUT2D eigenvalue weighted by molar-refractivity contribution is -0.132. The van der Waals surface area contributed by atoms with Crippen LogP contribution in [0.3, 0.4) is 0 Å². The van der Waals surface area contributed by atoms with Gasteiger partial charge < -0.3 is 14.5 Å². The third-order valence-corrected chi connectivity index (χ3v) is 5.65. The lowest BCUT2D eigenvalue weighted by Crippen LogP contribution is -2.53. The molecule has 2 aliphatic heterocycles. The second-order valence-corrected chi connectivity index (χ2v) is 7.32. The number of benzene rings is 2. The molecule has 2 heterocycles. The summed E-state index contributed by atoms with van der Waals surface area (Å²) in [6, 6.07) is 13.7. The van der Waals surface area contributed by atoms with Crippen molar-refractivity contribution in [3.8, 4) is 5.75 Å². The maximum absolute atomic E-state index is 12.9. The Bertz CT molecular complexity index is 904. The second-order valence-electron chi connectivity index (χ2n) is 7.32. The van der Waals surface area contributed by atoms with Gasteiger partial charge in [-0.1, -0.05) is 24.3 Å². The molecule has 0 radical (unpaired) electrons. The summed E-state index contributed by atoms with van der Waals surface area (Å²) < 4.78 is 5.45. The van der Waals surface area contributed by atoms with Crippen molar-refractivity contribution in [2.75, 3.05) is 49.1 Å². The Labute approximate surface area is 165 Å². The molecule has 0 aromatic heterocycles. The van der Waals surface area contributed by atoms with Gasteiger partial charge in [0.25, 0.3) is 5.91 Å². The fraction of sp³-hybridized carbons (Fsp3) is 0.364. The van der Waals surface area contributed by atoms with E-state index in [1.165, 1.54) is 21.7 Å². The van der Waals surface area contributed by atoms with Crippen LogP contribution in [0, 0.1) is 13.8 Å². The van der Waals surface area contributed by atoms with Crippen molar-refractivity contribution in [3.05, 3.63) is 53.6 Å². The first-order valence-electron chi connectivity index (χ1n) is 9.66. The molecule has 0 unspecified atom stereocenters. The van der Waals surface area contributed by atoms with Gasteiger partial charge in [0, 0.05) is 31.9 Å². The van der Waals surface area contributed by atoms with Crippen molar-refractivity contribution in [1.29, 1.82) is 0 Å². The fourth-order valence-electron chi connectivity index (χ4n) is 3.84. The molecule has 0 atom stereocenters. The largest absolute Gasteiger partial charge is 0.482 e. The average molecular weight is 379 g/mol. The lowest BCUT2D eigenvalue weighted by Gasteiger charge is -2.38. The number of nitrogens with zero attached hydrogens (tertiary/aromatic N) is 3. The van der Waals surface area contributed by atoms with E-state index in [0.29, 0.717) is 24.5 Å². The van der Waals surface area contributed by atoms with Gasteiger partial charge in [0.05, 0.1) is 5.69 Å². The Morgan fingerprint density at radius 2 is 1.68 bits per heavy atom. The number of para-hydroxylation sites is 2. The normalized spacial score (nSPS) is 16.6. The molecular formula is C22H25N3O3. The van der Waals surface area contributed by atoms with Crippen LogP contribution in [-0.4, -0.2) is 56.0 Å². The number of anilines is 2. The number of carbonyl (C=O) groups excluding carboxylic acids is 2. The van der Waals surface area contributed by atoms with Gasteiger partial charge in [-0.25, -0.2) is 0 Å². The van der Waals surface area contributed by atoms with E-state index in [0.717, 1.165) is 13.1 Å². The monoisotopic (exact) mass is 379 g/mol. The van der Waals surface area contributed by atoms with Crippen molar-refractivity contribution >= 4 is 23.2 Å². The van der Waals surface area contributed by atoms with Crippen LogP contribution >= 0.6 is 0 Å².